The third kappa shape index (κ3) is 2.11. The molecule has 0 bridgehead atoms. The molecule has 1 heterocycles. The van der Waals surface area contributed by atoms with Crippen LogP contribution in [0.25, 0.3) is 10.8 Å². The van der Waals surface area contributed by atoms with E-state index in [1.54, 1.807) is 0 Å². The van der Waals surface area contributed by atoms with Crippen LogP contribution in [0.15, 0.2) is 36.7 Å². The summed E-state index contributed by atoms with van der Waals surface area (Å²) in [7, 11) is 3.86. The molecule has 3 nitrogen and oxygen atoms in total. The Morgan fingerprint density at radius 2 is 1.95 bits per heavy atom. The molecule has 1 N–H and O–H groups in total. The van der Waals surface area contributed by atoms with E-state index >= 15 is 0 Å². The molecule has 0 amide bonds. The molecule has 0 aliphatic heterocycles. The first-order chi connectivity index (χ1) is 9.80. The zero-order valence-electron chi connectivity index (χ0n) is 12.2. The molecule has 3 heteroatoms. The van der Waals surface area contributed by atoms with E-state index in [2.05, 4.69) is 34.6 Å². The fourth-order valence-electron chi connectivity index (χ4n) is 3.66. The number of hydrogen-bond donors (Lipinski definition) is 1. The Labute approximate surface area is 120 Å². The van der Waals surface area contributed by atoms with Gasteiger partial charge in [-0.2, -0.15) is 0 Å². The second-order valence-electron chi connectivity index (χ2n) is 5.65. The van der Waals surface area contributed by atoms with Crippen LogP contribution in [0.1, 0.15) is 37.3 Å². The van der Waals surface area contributed by atoms with Crippen LogP contribution in [0, 0.1) is 0 Å². The van der Waals surface area contributed by atoms with Crippen LogP contribution < -0.4 is 5.32 Å². The lowest BCUT2D eigenvalue weighted by Gasteiger charge is -2.37. The Kier molecular flexibility index (Phi) is 3.72. The molecule has 1 aromatic carbocycles. The van der Waals surface area contributed by atoms with Gasteiger partial charge in [0.1, 0.15) is 0 Å². The summed E-state index contributed by atoms with van der Waals surface area (Å²) in [6, 6.07) is 8.63. The zero-order chi connectivity index (χ0) is 14.0. The highest BCUT2D eigenvalue weighted by Gasteiger charge is 2.42. The first kappa shape index (κ1) is 13.5. The lowest BCUT2D eigenvalue weighted by Crippen LogP contribution is -2.42. The number of rotatable bonds is 4. The van der Waals surface area contributed by atoms with Gasteiger partial charge in [-0.25, -0.2) is 0 Å². The summed E-state index contributed by atoms with van der Waals surface area (Å²) in [5, 5.41) is 5.94. The average Bonchev–Trinajstić information content (AvgIpc) is 2.98. The first-order valence-electron chi connectivity index (χ1n) is 7.36. The highest BCUT2D eigenvalue weighted by Crippen LogP contribution is 2.43. The van der Waals surface area contributed by atoms with Crippen LogP contribution >= 0.6 is 0 Å². The predicted molar refractivity (Wildman–Crippen MR) is 81.8 cm³/mol. The quantitative estimate of drug-likeness (QED) is 0.924. The smallest absolute Gasteiger partial charge is 0.0873 e. The number of likely N-dealkylation sites (N-methyl/N-ethyl adjacent to an activating group) is 1. The number of benzene rings is 1. The van der Waals surface area contributed by atoms with Crippen molar-refractivity contribution >= 4 is 10.8 Å². The maximum atomic E-state index is 5.96. The second-order valence-corrected chi connectivity index (χ2v) is 5.65. The predicted octanol–water partition coefficient (Wildman–Crippen LogP) is 3.45. The van der Waals surface area contributed by atoms with E-state index in [1.807, 2.05) is 26.6 Å². The largest absolute Gasteiger partial charge is 0.376 e. The van der Waals surface area contributed by atoms with E-state index in [1.165, 1.54) is 29.2 Å². The van der Waals surface area contributed by atoms with Crippen molar-refractivity contribution < 1.29 is 4.74 Å². The molecule has 0 spiro atoms. The molecule has 2 aromatic rings. The molecule has 3 rings (SSSR count). The van der Waals surface area contributed by atoms with Gasteiger partial charge in [0.2, 0.25) is 0 Å². The van der Waals surface area contributed by atoms with Gasteiger partial charge in [-0.3, -0.25) is 4.98 Å². The fourth-order valence-corrected chi connectivity index (χ4v) is 3.66. The number of methoxy groups -OCH3 is 1. The van der Waals surface area contributed by atoms with Gasteiger partial charge in [-0.1, -0.05) is 37.1 Å². The number of pyridine rings is 1. The highest BCUT2D eigenvalue weighted by atomic mass is 16.5. The van der Waals surface area contributed by atoms with Gasteiger partial charge in [-0.15, -0.1) is 0 Å². The zero-order valence-corrected chi connectivity index (χ0v) is 12.2. The van der Waals surface area contributed by atoms with E-state index in [0.717, 1.165) is 12.8 Å². The summed E-state index contributed by atoms with van der Waals surface area (Å²) in [4.78, 5) is 4.42. The molecule has 0 saturated heterocycles. The standard InChI is InChI=1S/C17H22N2O/c1-18-16(17(20-2)9-5-6-10-17)15-12-19-11-13-7-3-4-8-14(13)15/h3-4,7-8,11-12,16,18H,5-6,9-10H2,1-2H3. The Morgan fingerprint density at radius 3 is 2.65 bits per heavy atom. The van der Waals surface area contributed by atoms with Crippen LogP contribution in [0.2, 0.25) is 0 Å². The van der Waals surface area contributed by atoms with Gasteiger partial charge in [-0.05, 0) is 30.8 Å². The average molecular weight is 270 g/mol. The summed E-state index contributed by atoms with van der Waals surface area (Å²) in [6.07, 6.45) is 8.62. The van der Waals surface area contributed by atoms with Crippen molar-refractivity contribution in [2.75, 3.05) is 14.2 Å². The number of ether oxygens (including phenoxy) is 1. The van der Waals surface area contributed by atoms with Crippen molar-refractivity contribution in [1.29, 1.82) is 0 Å². The number of nitrogens with one attached hydrogen (secondary N) is 1. The van der Waals surface area contributed by atoms with Crippen molar-refractivity contribution in [3.05, 3.63) is 42.2 Å². The minimum Gasteiger partial charge on any atom is -0.376 e. The van der Waals surface area contributed by atoms with Crippen LogP contribution in [-0.2, 0) is 4.74 Å². The summed E-state index contributed by atoms with van der Waals surface area (Å²) < 4.78 is 5.96. The van der Waals surface area contributed by atoms with Crippen LogP contribution in [-0.4, -0.2) is 24.7 Å². The monoisotopic (exact) mass is 270 g/mol. The molecule has 1 aromatic heterocycles. The van der Waals surface area contributed by atoms with E-state index in [9.17, 15) is 0 Å². The number of fused-ring (bicyclic) bond motifs is 1. The minimum atomic E-state index is -0.0967. The molecule has 1 unspecified atom stereocenters. The van der Waals surface area contributed by atoms with Crippen LogP contribution in [0.4, 0.5) is 0 Å². The minimum absolute atomic E-state index is 0.0967. The van der Waals surface area contributed by atoms with Crippen molar-refractivity contribution in [2.45, 2.75) is 37.3 Å². The first-order valence-corrected chi connectivity index (χ1v) is 7.36. The molecule has 1 saturated carbocycles. The van der Waals surface area contributed by atoms with Crippen LogP contribution in [0.3, 0.4) is 0 Å². The van der Waals surface area contributed by atoms with Gasteiger partial charge in [0.15, 0.2) is 0 Å². The number of nitrogens with zero attached hydrogens (tertiary/aromatic N) is 1. The van der Waals surface area contributed by atoms with Gasteiger partial charge < -0.3 is 10.1 Å². The molecule has 20 heavy (non-hydrogen) atoms. The Balaban J connectivity index is 2.12. The maximum Gasteiger partial charge on any atom is 0.0873 e. The van der Waals surface area contributed by atoms with Gasteiger partial charge >= 0.3 is 0 Å². The maximum absolute atomic E-state index is 5.96. The normalized spacial score (nSPS) is 19.3. The molecular formula is C17H22N2O. The molecule has 106 valence electrons. The lowest BCUT2D eigenvalue weighted by atomic mass is 9.85. The molecule has 1 atom stereocenters. The molecule has 0 radical (unpaired) electrons. The van der Waals surface area contributed by atoms with E-state index < -0.39 is 0 Å². The highest BCUT2D eigenvalue weighted by molar-refractivity contribution is 5.85. The lowest BCUT2D eigenvalue weighted by molar-refractivity contribution is -0.0346. The third-order valence-electron chi connectivity index (χ3n) is 4.68. The van der Waals surface area contributed by atoms with Crippen LogP contribution in [0.5, 0.6) is 0 Å². The van der Waals surface area contributed by atoms with Crippen molar-refractivity contribution in [2.24, 2.45) is 0 Å². The van der Waals surface area contributed by atoms with Crippen molar-refractivity contribution in [1.82, 2.24) is 10.3 Å². The van der Waals surface area contributed by atoms with E-state index in [0.29, 0.717) is 0 Å². The molecule has 1 aliphatic rings. The Bertz CT molecular complexity index is 585. The summed E-state index contributed by atoms with van der Waals surface area (Å²) in [5.41, 5.74) is 1.15. The topological polar surface area (TPSA) is 34.2 Å². The van der Waals surface area contributed by atoms with E-state index in [-0.39, 0.29) is 11.6 Å². The summed E-state index contributed by atoms with van der Waals surface area (Å²) in [6.45, 7) is 0. The fraction of sp³-hybridized carbons (Fsp3) is 0.471. The second kappa shape index (κ2) is 5.51. The van der Waals surface area contributed by atoms with E-state index in [4.69, 9.17) is 4.74 Å². The molecule has 1 fully saturated rings. The van der Waals surface area contributed by atoms with Crippen molar-refractivity contribution in [3.8, 4) is 0 Å². The number of hydrogen-bond acceptors (Lipinski definition) is 3. The summed E-state index contributed by atoms with van der Waals surface area (Å²) in [5.74, 6) is 0. The molecular weight excluding hydrogens is 248 g/mol. The Morgan fingerprint density at radius 1 is 1.20 bits per heavy atom. The SMILES string of the molecule is CNC(c1cncc2ccccc12)C1(OC)CCCC1. The van der Waals surface area contributed by atoms with Gasteiger partial charge in [0.25, 0.3) is 0 Å². The third-order valence-corrected chi connectivity index (χ3v) is 4.68. The van der Waals surface area contributed by atoms with Gasteiger partial charge in [0, 0.05) is 24.9 Å². The molecule has 1 aliphatic carbocycles. The Hall–Kier alpha value is -1.45. The number of aromatic nitrogens is 1. The van der Waals surface area contributed by atoms with Crippen molar-refractivity contribution in [3.63, 3.8) is 0 Å². The van der Waals surface area contributed by atoms with Gasteiger partial charge in [0.05, 0.1) is 11.6 Å². The summed E-state index contributed by atoms with van der Waals surface area (Å²) >= 11 is 0.